The van der Waals surface area contributed by atoms with E-state index in [1.807, 2.05) is 20.8 Å². The summed E-state index contributed by atoms with van der Waals surface area (Å²) in [6, 6.07) is 3.95. The average molecular weight is 292 g/mol. The van der Waals surface area contributed by atoms with Gasteiger partial charge in [0.1, 0.15) is 11.6 Å². The molecule has 21 heavy (non-hydrogen) atoms. The van der Waals surface area contributed by atoms with E-state index in [1.165, 1.54) is 25.3 Å². The number of halogens is 1. The van der Waals surface area contributed by atoms with Crippen molar-refractivity contribution in [3.8, 4) is 5.75 Å². The number of amides is 1. The standard InChI is InChI=1S/C14H17FN4O2/c1-14(2,3)19-8-12(17-18-19)13(20)16-10-5-9(15)6-11(7-10)21-4/h5-8H,1-4H3,(H,16,20). The van der Waals surface area contributed by atoms with E-state index in [4.69, 9.17) is 4.74 Å². The molecule has 112 valence electrons. The highest BCUT2D eigenvalue weighted by Crippen LogP contribution is 2.20. The molecule has 2 aromatic rings. The average Bonchev–Trinajstić information content (AvgIpc) is 2.87. The SMILES string of the molecule is COc1cc(F)cc(NC(=O)c2cn(C(C)(C)C)nn2)c1. The van der Waals surface area contributed by atoms with E-state index in [0.717, 1.165) is 0 Å². The lowest BCUT2D eigenvalue weighted by Crippen LogP contribution is -2.22. The summed E-state index contributed by atoms with van der Waals surface area (Å²) in [7, 11) is 1.43. The number of anilines is 1. The van der Waals surface area contributed by atoms with Crippen molar-refractivity contribution in [2.75, 3.05) is 12.4 Å². The molecule has 1 amide bonds. The molecule has 0 spiro atoms. The van der Waals surface area contributed by atoms with Gasteiger partial charge in [-0.3, -0.25) is 4.79 Å². The van der Waals surface area contributed by atoms with Crippen LogP contribution in [0.2, 0.25) is 0 Å². The van der Waals surface area contributed by atoms with Crippen LogP contribution in [0.15, 0.2) is 24.4 Å². The van der Waals surface area contributed by atoms with E-state index >= 15 is 0 Å². The molecular formula is C14H17FN4O2. The van der Waals surface area contributed by atoms with Crippen LogP contribution in [0.4, 0.5) is 10.1 Å². The van der Waals surface area contributed by atoms with E-state index < -0.39 is 11.7 Å². The first-order chi connectivity index (χ1) is 9.79. The van der Waals surface area contributed by atoms with Crippen molar-refractivity contribution in [1.29, 1.82) is 0 Å². The molecule has 0 aliphatic carbocycles. The molecule has 0 saturated heterocycles. The van der Waals surface area contributed by atoms with Gasteiger partial charge in [0.2, 0.25) is 0 Å². The Hall–Kier alpha value is -2.44. The monoisotopic (exact) mass is 292 g/mol. The van der Waals surface area contributed by atoms with E-state index in [9.17, 15) is 9.18 Å². The second kappa shape index (κ2) is 5.51. The number of hydrogen-bond acceptors (Lipinski definition) is 4. The van der Waals surface area contributed by atoms with Gasteiger partial charge >= 0.3 is 0 Å². The number of nitrogens with zero attached hydrogens (tertiary/aromatic N) is 3. The van der Waals surface area contributed by atoms with Crippen molar-refractivity contribution >= 4 is 11.6 Å². The van der Waals surface area contributed by atoms with Gasteiger partial charge in [-0.25, -0.2) is 9.07 Å². The van der Waals surface area contributed by atoms with Gasteiger partial charge < -0.3 is 10.1 Å². The van der Waals surface area contributed by atoms with Crippen LogP contribution in [0.5, 0.6) is 5.75 Å². The molecule has 0 bridgehead atoms. The predicted octanol–water partition coefficient (Wildman–Crippen LogP) is 2.43. The summed E-state index contributed by atoms with van der Waals surface area (Å²) in [4.78, 5) is 12.1. The number of benzene rings is 1. The van der Waals surface area contributed by atoms with Crippen LogP contribution in [0.25, 0.3) is 0 Å². The third kappa shape index (κ3) is 3.56. The molecule has 0 aliphatic heterocycles. The third-order valence-electron chi connectivity index (χ3n) is 2.78. The van der Waals surface area contributed by atoms with Gasteiger partial charge in [0.25, 0.3) is 5.91 Å². The maximum Gasteiger partial charge on any atom is 0.277 e. The van der Waals surface area contributed by atoms with Gasteiger partial charge in [0.05, 0.1) is 18.8 Å². The molecule has 1 aromatic heterocycles. The first kappa shape index (κ1) is 15.0. The van der Waals surface area contributed by atoms with Gasteiger partial charge in [-0.1, -0.05) is 5.21 Å². The largest absolute Gasteiger partial charge is 0.497 e. The number of methoxy groups -OCH3 is 1. The number of rotatable bonds is 3. The van der Waals surface area contributed by atoms with E-state index in [-0.39, 0.29) is 11.2 Å². The number of ether oxygens (including phenoxy) is 1. The van der Waals surface area contributed by atoms with Gasteiger partial charge in [0, 0.05) is 17.8 Å². The number of hydrogen-bond donors (Lipinski definition) is 1. The minimum Gasteiger partial charge on any atom is -0.497 e. The van der Waals surface area contributed by atoms with Crippen molar-refractivity contribution < 1.29 is 13.9 Å². The molecular weight excluding hydrogens is 275 g/mol. The lowest BCUT2D eigenvalue weighted by molar-refractivity contribution is 0.102. The number of aromatic nitrogens is 3. The normalized spacial score (nSPS) is 11.3. The Morgan fingerprint density at radius 1 is 1.33 bits per heavy atom. The molecule has 0 aliphatic rings. The molecule has 1 aromatic carbocycles. The number of carbonyl (C=O) groups excluding carboxylic acids is 1. The van der Waals surface area contributed by atoms with E-state index in [0.29, 0.717) is 11.4 Å². The summed E-state index contributed by atoms with van der Waals surface area (Å²) in [5, 5.41) is 10.3. The Morgan fingerprint density at radius 2 is 2.05 bits per heavy atom. The Kier molecular flexibility index (Phi) is 3.93. The van der Waals surface area contributed by atoms with Crippen LogP contribution in [0.3, 0.4) is 0 Å². The molecule has 1 heterocycles. The fourth-order valence-electron chi connectivity index (χ4n) is 1.64. The Bertz CT molecular complexity index is 661. The highest BCUT2D eigenvalue weighted by molar-refractivity contribution is 6.02. The Morgan fingerprint density at radius 3 is 2.62 bits per heavy atom. The van der Waals surface area contributed by atoms with Gasteiger partial charge in [-0.2, -0.15) is 0 Å². The lowest BCUT2D eigenvalue weighted by atomic mass is 10.1. The highest BCUT2D eigenvalue weighted by atomic mass is 19.1. The summed E-state index contributed by atoms with van der Waals surface area (Å²) < 4.78 is 19.9. The maximum absolute atomic E-state index is 13.4. The first-order valence-corrected chi connectivity index (χ1v) is 6.38. The predicted molar refractivity (Wildman–Crippen MR) is 75.9 cm³/mol. The number of carbonyl (C=O) groups is 1. The molecule has 6 nitrogen and oxygen atoms in total. The third-order valence-corrected chi connectivity index (χ3v) is 2.78. The maximum atomic E-state index is 13.4. The van der Waals surface area contributed by atoms with Crippen molar-refractivity contribution in [2.24, 2.45) is 0 Å². The highest BCUT2D eigenvalue weighted by Gasteiger charge is 2.18. The van der Waals surface area contributed by atoms with Gasteiger partial charge in [-0.05, 0) is 26.8 Å². The van der Waals surface area contributed by atoms with E-state index in [2.05, 4.69) is 15.6 Å². The minimum atomic E-state index is -0.497. The quantitative estimate of drug-likeness (QED) is 0.943. The lowest BCUT2D eigenvalue weighted by Gasteiger charge is -2.17. The van der Waals surface area contributed by atoms with Crippen LogP contribution < -0.4 is 10.1 Å². The zero-order chi connectivity index (χ0) is 15.6. The van der Waals surface area contributed by atoms with Gasteiger partial charge in [0.15, 0.2) is 5.69 Å². The molecule has 7 heteroatoms. The summed E-state index contributed by atoms with van der Waals surface area (Å²) in [5.41, 5.74) is 0.184. The van der Waals surface area contributed by atoms with Crippen molar-refractivity contribution in [3.63, 3.8) is 0 Å². The molecule has 0 unspecified atom stereocenters. The first-order valence-electron chi connectivity index (χ1n) is 6.38. The zero-order valence-electron chi connectivity index (χ0n) is 12.3. The summed E-state index contributed by atoms with van der Waals surface area (Å²) in [5.74, 6) is -0.634. The Balaban J connectivity index is 2.18. The van der Waals surface area contributed by atoms with Crippen LogP contribution in [0, 0.1) is 5.82 Å². The van der Waals surface area contributed by atoms with Crippen molar-refractivity contribution in [3.05, 3.63) is 35.9 Å². The van der Waals surface area contributed by atoms with Crippen LogP contribution in [0.1, 0.15) is 31.3 Å². The van der Waals surface area contributed by atoms with Crippen LogP contribution in [-0.4, -0.2) is 28.0 Å². The summed E-state index contributed by atoms with van der Waals surface area (Å²) in [6.45, 7) is 5.84. The molecule has 0 radical (unpaired) electrons. The van der Waals surface area contributed by atoms with Crippen molar-refractivity contribution in [2.45, 2.75) is 26.3 Å². The Labute approximate surface area is 121 Å². The van der Waals surface area contributed by atoms with Crippen LogP contribution in [-0.2, 0) is 5.54 Å². The zero-order valence-corrected chi connectivity index (χ0v) is 12.3. The van der Waals surface area contributed by atoms with Crippen molar-refractivity contribution in [1.82, 2.24) is 15.0 Å². The summed E-state index contributed by atoms with van der Waals surface area (Å²) in [6.07, 6.45) is 1.55. The summed E-state index contributed by atoms with van der Waals surface area (Å²) >= 11 is 0. The molecule has 0 saturated carbocycles. The fourth-order valence-corrected chi connectivity index (χ4v) is 1.64. The second-order valence-electron chi connectivity index (χ2n) is 5.55. The van der Waals surface area contributed by atoms with Crippen LogP contribution >= 0.6 is 0 Å². The number of nitrogens with one attached hydrogen (secondary N) is 1. The molecule has 1 N–H and O–H groups in total. The molecule has 0 atom stereocenters. The topological polar surface area (TPSA) is 69.0 Å². The minimum absolute atomic E-state index is 0.160. The molecule has 2 rings (SSSR count). The smallest absolute Gasteiger partial charge is 0.277 e. The van der Waals surface area contributed by atoms with E-state index in [1.54, 1.807) is 10.9 Å². The molecule has 0 fully saturated rings. The second-order valence-corrected chi connectivity index (χ2v) is 5.55. The fraction of sp³-hybridized carbons (Fsp3) is 0.357. The van der Waals surface area contributed by atoms with Gasteiger partial charge in [-0.15, -0.1) is 5.10 Å².